The van der Waals surface area contributed by atoms with E-state index in [1.54, 1.807) is 43.5 Å². The summed E-state index contributed by atoms with van der Waals surface area (Å²) < 4.78 is 6.64. The average molecular weight is 404 g/mol. The fourth-order valence-corrected chi connectivity index (χ4v) is 2.58. The van der Waals surface area contributed by atoms with Crippen LogP contribution in [-0.4, -0.2) is 12.9 Å². The maximum atomic E-state index is 12.3. The normalized spacial score (nSPS) is 10.3. The minimum Gasteiger partial charge on any atom is -0.496 e. The summed E-state index contributed by atoms with van der Waals surface area (Å²) >= 11 is 12.7. The number of hydrogen-bond acceptors (Lipinski definition) is 2. The summed E-state index contributed by atoms with van der Waals surface area (Å²) in [7, 11) is 1.58. The monoisotopic (exact) mass is 402 g/mol. The Bertz CT molecular complexity index is 641. The molecule has 0 radical (unpaired) electrons. The summed E-state index contributed by atoms with van der Waals surface area (Å²) in [6.45, 7) is 0. The minimum atomic E-state index is -0.0854. The largest absolute Gasteiger partial charge is 0.496 e. The van der Waals surface area contributed by atoms with Crippen molar-refractivity contribution in [3.63, 3.8) is 0 Å². The molecule has 0 aromatic heterocycles. The second kappa shape index (κ2) is 6.07. The van der Waals surface area contributed by atoms with Crippen LogP contribution in [0.4, 0.5) is 0 Å². The van der Waals surface area contributed by atoms with Gasteiger partial charge in [0.1, 0.15) is 5.75 Å². The molecule has 0 bridgehead atoms. The molecular weight excluding hydrogens is 395 g/mol. The smallest absolute Gasteiger partial charge is 0.193 e. The Labute approximate surface area is 133 Å². The summed E-state index contributed by atoms with van der Waals surface area (Å²) in [6.07, 6.45) is 0. The van der Waals surface area contributed by atoms with Crippen molar-refractivity contribution in [2.45, 2.75) is 0 Å². The molecule has 2 nitrogen and oxygen atoms in total. The third-order valence-corrected chi connectivity index (χ3v) is 4.45. The molecule has 0 aliphatic heterocycles. The second-order valence-electron chi connectivity index (χ2n) is 3.81. The predicted molar refractivity (Wildman–Crippen MR) is 83.3 cm³/mol. The molecule has 0 spiro atoms. The number of ether oxygens (including phenoxy) is 1. The summed E-state index contributed by atoms with van der Waals surface area (Å²) in [5, 5.41) is 0.512. The Hall–Kier alpha value is -0.840. The van der Waals surface area contributed by atoms with Crippen molar-refractivity contribution in [1.29, 1.82) is 0 Å². The lowest BCUT2D eigenvalue weighted by molar-refractivity contribution is 0.103. The first-order valence-corrected chi connectivity index (χ1v) is 7.32. The maximum Gasteiger partial charge on any atom is 0.193 e. The van der Waals surface area contributed by atoms with Crippen molar-refractivity contribution in [1.82, 2.24) is 0 Å². The molecule has 2 rings (SSSR count). The number of carbonyl (C=O) groups is 1. The van der Waals surface area contributed by atoms with E-state index in [1.165, 1.54) is 0 Å². The van der Waals surface area contributed by atoms with Crippen LogP contribution >= 0.6 is 43.5 Å². The average Bonchev–Trinajstić information content (AvgIpc) is 2.41. The lowest BCUT2D eigenvalue weighted by Gasteiger charge is -2.06. The zero-order chi connectivity index (χ0) is 14.0. The zero-order valence-corrected chi connectivity index (χ0v) is 13.8. The van der Waals surface area contributed by atoms with Gasteiger partial charge in [0, 0.05) is 15.6 Å². The van der Waals surface area contributed by atoms with E-state index < -0.39 is 0 Å². The van der Waals surface area contributed by atoms with E-state index in [0.717, 1.165) is 8.95 Å². The van der Waals surface area contributed by atoms with E-state index in [9.17, 15) is 4.79 Å². The Morgan fingerprint density at radius 3 is 2.26 bits per heavy atom. The van der Waals surface area contributed by atoms with Crippen molar-refractivity contribution in [3.8, 4) is 5.75 Å². The van der Waals surface area contributed by atoms with E-state index in [-0.39, 0.29) is 5.78 Å². The number of ketones is 1. The van der Waals surface area contributed by atoms with E-state index >= 15 is 0 Å². The molecule has 0 saturated heterocycles. The second-order valence-corrected chi connectivity index (χ2v) is 5.92. The SMILES string of the molecule is COc1ccc(C(=O)c2ccc(Br)c(Cl)c2)cc1Br. The van der Waals surface area contributed by atoms with Crippen molar-refractivity contribution in [2.75, 3.05) is 7.11 Å². The van der Waals surface area contributed by atoms with Crippen LogP contribution in [0.15, 0.2) is 45.3 Å². The number of hydrogen-bond donors (Lipinski definition) is 0. The summed E-state index contributed by atoms with van der Waals surface area (Å²) in [5.74, 6) is 0.600. The Kier molecular flexibility index (Phi) is 4.66. The summed E-state index contributed by atoms with van der Waals surface area (Å²) in [6, 6.07) is 10.3. The fraction of sp³-hybridized carbons (Fsp3) is 0.0714. The van der Waals surface area contributed by atoms with Crippen LogP contribution in [0.2, 0.25) is 5.02 Å². The van der Waals surface area contributed by atoms with Gasteiger partial charge in [0.2, 0.25) is 0 Å². The minimum absolute atomic E-state index is 0.0854. The summed E-state index contributed by atoms with van der Waals surface area (Å²) in [4.78, 5) is 12.3. The first kappa shape index (κ1) is 14.6. The first-order valence-electron chi connectivity index (χ1n) is 5.36. The van der Waals surface area contributed by atoms with Gasteiger partial charge in [0.15, 0.2) is 5.78 Å². The molecule has 0 aliphatic carbocycles. The van der Waals surface area contributed by atoms with Crippen molar-refractivity contribution in [3.05, 3.63) is 61.5 Å². The van der Waals surface area contributed by atoms with Gasteiger partial charge in [-0.1, -0.05) is 11.6 Å². The van der Waals surface area contributed by atoms with E-state index in [0.29, 0.717) is 21.9 Å². The first-order chi connectivity index (χ1) is 9.02. The van der Waals surface area contributed by atoms with Crippen LogP contribution in [0.3, 0.4) is 0 Å². The standard InChI is InChI=1S/C14H9Br2ClO2/c1-19-13-5-3-8(6-11(13)16)14(18)9-2-4-10(15)12(17)7-9/h2-7H,1H3. The third-order valence-electron chi connectivity index (χ3n) is 2.60. The van der Waals surface area contributed by atoms with Gasteiger partial charge in [-0.2, -0.15) is 0 Å². The van der Waals surface area contributed by atoms with Crippen LogP contribution in [0, 0.1) is 0 Å². The van der Waals surface area contributed by atoms with Crippen LogP contribution in [0.5, 0.6) is 5.75 Å². The van der Waals surface area contributed by atoms with Crippen LogP contribution in [0.1, 0.15) is 15.9 Å². The molecule has 98 valence electrons. The molecule has 0 saturated carbocycles. The highest BCUT2D eigenvalue weighted by Gasteiger charge is 2.12. The molecule has 5 heteroatoms. The van der Waals surface area contributed by atoms with Crippen molar-refractivity contribution >= 4 is 49.2 Å². The molecule has 0 atom stereocenters. The highest BCUT2D eigenvalue weighted by atomic mass is 79.9. The highest BCUT2D eigenvalue weighted by Crippen LogP contribution is 2.28. The van der Waals surface area contributed by atoms with Crippen molar-refractivity contribution < 1.29 is 9.53 Å². The number of benzene rings is 2. The lowest BCUT2D eigenvalue weighted by Crippen LogP contribution is -2.01. The van der Waals surface area contributed by atoms with Gasteiger partial charge in [-0.3, -0.25) is 4.79 Å². The van der Waals surface area contributed by atoms with Crippen molar-refractivity contribution in [2.24, 2.45) is 0 Å². The van der Waals surface area contributed by atoms with Gasteiger partial charge >= 0.3 is 0 Å². The molecule has 0 fully saturated rings. The van der Waals surface area contributed by atoms with Gasteiger partial charge in [0.05, 0.1) is 16.6 Å². The molecule has 0 amide bonds. The van der Waals surface area contributed by atoms with Gasteiger partial charge in [-0.05, 0) is 68.3 Å². The number of methoxy groups -OCH3 is 1. The number of rotatable bonds is 3. The maximum absolute atomic E-state index is 12.3. The molecule has 2 aromatic rings. The van der Waals surface area contributed by atoms with Crippen LogP contribution in [-0.2, 0) is 0 Å². The van der Waals surface area contributed by atoms with E-state index in [2.05, 4.69) is 31.9 Å². The molecule has 0 heterocycles. The van der Waals surface area contributed by atoms with Crippen LogP contribution in [0.25, 0.3) is 0 Å². The van der Waals surface area contributed by atoms with Crippen LogP contribution < -0.4 is 4.74 Å². The third kappa shape index (κ3) is 3.19. The molecule has 0 unspecified atom stereocenters. The zero-order valence-electron chi connectivity index (χ0n) is 9.91. The highest BCUT2D eigenvalue weighted by molar-refractivity contribution is 9.10. The fourth-order valence-electron chi connectivity index (χ4n) is 1.61. The quantitative estimate of drug-likeness (QED) is 0.665. The van der Waals surface area contributed by atoms with E-state index in [1.807, 2.05) is 0 Å². The molecule has 19 heavy (non-hydrogen) atoms. The Morgan fingerprint density at radius 1 is 1.05 bits per heavy atom. The lowest BCUT2D eigenvalue weighted by atomic mass is 10.0. The van der Waals surface area contributed by atoms with Gasteiger partial charge < -0.3 is 4.74 Å². The Morgan fingerprint density at radius 2 is 1.68 bits per heavy atom. The molecule has 2 aromatic carbocycles. The van der Waals surface area contributed by atoms with E-state index in [4.69, 9.17) is 16.3 Å². The Balaban J connectivity index is 2.38. The summed E-state index contributed by atoms with van der Waals surface area (Å²) in [5.41, 5.74) is 1.12. The molecule has 0 N–H and O–H groups in total. The van der Waals surface area contributed by atoms with Gasteiger partial charge in [0.25, 0.3) is 0 Å². The predicted octanol–water partition coefficient (Wildman–Crippen LogP) is 5.10. The molecule has 0 aliphatic rings. The molecular formula is C14H9Br2ClO2. The van der Waals surface area contributed by atoms with Gasteiger partial charge in [-0.15, -0.1) is 0 Å². The number of carbonyl (C=O) groups excluding carboxylic acids is 1. The van der Waals surface area contributed by atoms with Gasteiger partial charge in [-0.25, -0.2) is 0 Å². The number of halogens is 3. The topological polar surface area (TPSA) is 26.3 Å².